The molecule has 0 N–H and O–H groups in total. The Labute approximate surface area is 138 Å². The number of unbranched alkanes of at least 4 members (excludes halogenated alkanes) is 1. The first-order chi connectivity index (χ1) is 10.2. The minimum atomic E-state index is 0.441. The molecule has 0 fully saturated rings. The number of halogens is 1. The number of benzene rings is 1. The van der Waals surface area contributed by atoms with Crippen LogP contribution < -0.4 is 4.74 Å². The molecule has 0 radical (unpaired) electrons. The highest BCUT2D eigenvalue weighted by molar-refractivity contribution is 9.10. The summed E-state index contributed by atoms with van der Waals surface area (Å²) in [5.74, 6) is 2.80. The Kier molecular flexibility index (Phi) is 6.57. The van der Waals surface area contributed by atoms with Crippen molar-refractivity contribution in [3.8, 4) is 5.75 Å². The molecular weight excluding hydrogens is 350 g/mol. The van der Waals surface area contributed by atoms with Crippen LogP contribution in [0.1, 0.15) is 32.5 Å². The molecule has 0 aliphatic heterocycles. The topological polar surface area (TPSA) is 39.9 Å². The van der Waals surface area contributed by atoms with E-state index in [9.17, 15) is 0 Å². The number of ether oxygens (including phenoxy) is 1. The molecule has 21 heavy (non-hydrogen) atoms. The van der Waals surface area contributed by atoms with Crippen LogP contribution in [0, 0.1) is 0 Å². The van der Waals surface area contributed by atoms with Crippen LogP contribution in [0.3, 0.4) is 0 Å². The summed E-state index contributed by atoms with van der Waals surface area (Å²) in [5.41, 5.74) is 0. The van der Waals surface area contributed by atoms with Gasteiger partial charge in [-0.15, -0.1) is 10.2 Å². The summed E-state index contributed by atoms with van der Waals surface area (Å²) in [6.45, 7) is 5.61. The van der Waals surface area contributed by atoms with Crippen LogP contribution in [-0.4, -0.2) is 20.5 Å². The Morgan fingerprint density at radius 1 is 1.19 bits per heavy atom. The molecule has 0 aliphatic carbocycles. The van der Waals surface area contributed by atoms with Crippen LogP contribution >= 0.6 is 27.7 Å². The zero-order valence-electron chi connectivity index (χ0n) is 12.4. The van der Waals surface area contributed by atoms with Gasteiger partial charge in [-0.05, 0) is 37.6 Å². The van der Waals surface area contributed by atoms with Crippen molar-refractivity contribution in [1.82, 2.24) is 14.8 Å². The zero-order valence-corrected chi connectivity index (χ0v) is 14.8. The van der Waals surface area contributed by atoms with Crippen LogP contribution in [0.15, 0.2) is 33.9 Å². The summed E-state index contributed by atoms with van der Waals surface area (Å²) in [5, 5.41) is 9.52. The van der Waals surface area contributed by atoms with Crippen LogP contribution in [0.2, 0.25) is 0 Å². The van der Waals surface area contributed by atoms with Crippen molar-refractivity contribution in [2.45, 2.75) is 45.0 Å². The largest absolute Gasteiger partial charge is 0.486 e. The van der Waals surface area contributed by atoms with Gasteiger partial charge in [0.15, 0.2) is 11.0 Å². The van der Waals surface area contributed by atoms with Gasteiger partial charge < -0.3 is 9.30 Å². The SMILES string of the molecule is CCCCSc1nnc(COc2ccc(Br)cc2)n1CC. The van der Waals surface area contributed by atoms with E-state index >= 15 is 0 Å². The molecule has 0 aliphatic rings. The third-order valence-electron chi connectivity index (χ3n) is 3.02. The average molecular weight is 370 g/mol. The first-order valence-corrected chi connectivity index (χ1v) is 8.95. The molecule has 0 saturated carbocycles. The summed E-state index contributed by atoms with van der Waals surface area (Å²) in [4.78, 5) is 0. The van der Waals surface area contributed by atoms with Crippen molar-refractivity contribution in [2.75, 3.05) is 5.75 Å². The molecule has 0 atom stereocenters. The minimum Gasteiger partial charge on any atom is -0.486 e. The Balaban J connectivity index is 1.97. The van der Waals surface area contributed by atoms with Gasteiger partial charge in [-0.3, -0.25) is 0 Å². The second-order valence-corrected chi connectivity index (χ2v) is 6.57. The molecule has 0 saturated heterocycles. The van der Waals surface area contributed by atoms with Gasteiger partial charge in [0.2, 0.25) is 0 Å². The molecule has 2 aromatic rings. The first kappa shape index (κ1) is 16.4. The normalized spacial score (nSPS) is 10.8. The molecule has 6 heteroatoms. The standard InChI is InChI=1S/C15H20BrN3OS/c1-3-5-10-21-15-18-17-14(19(15)4-2)11-20-13-8-6-12(16)7-9-13/h6-9H,3-5,10-11H2,1-2H3. The Bertz CT molecular complexity index is 557. The van der Waals surface area contributed by atoms with Gasteiger partial charge in [0.05, 0.1) is 0 Å². The van der Waals surface area contributed by atoms with Crippen molar-refractivity contribution < 1.29 is 4.74 Å². The quantitative estimate of drug-likeness (QED) is 0.506. The fourth-order valence-corrected chi connectivity index (χ4v) is 3.21. The van der Waals surface area contributed by atoms with Gasteiger partial charge in [0, 0.05) is 16.8 Å². The second kappa shape index (κ2) is 8.44. The van der Waals surface area contributed by atoms with Crippen molar-refractivity contribution in [3.05, 3.63) is 34.6 Å². The van der Waals surface area contributed by atoms with E-state index in [1.807, 2.05) is 24.3 Å². The van der Waals surface area contributed by atoms with Crippen LogP contribution in [-0.2, 0) is 13.2 Å². The molecule has 0 amide bonds. The second-order valence-electron chi connectivity index (χ2n) is 4.59. The van der Waals surface area contributed by atoms with E-state index in [1.165, 1.54) is 12.8 Å². The van der Waals surface area contributed by atoms with E-state index in [2.05, 4.69) is 44.5 Å². The summed E-state index contributed by atoms with van der Waals surface area (Å²) >= 11 is 5.18. The summed E-state index contributed by atoms with van der Waals surface area (Å²) in [6.07, 6.45) is 2.40. The lowest BCUT2D eigenvalue weighted by atomic mass is 10.3. The van der Waals surface area contributed by atoms with E-state index < -0.39 is 0 Å². The molecule has 1 aromatic heterocycles. The fourth-order valence-electron chi connectivity index (χ4n) is 1.84. The maximum atomic E-state index is 5.78. The Morgan fingerprint density at radius 3 is 2.62 bits per heavy atom. The van der Waals surface area contributed by atoms with Gasteiger partial charge in [-0.25, -0.2) is 0 Å². The van der Waals surface area contributed by atoms with Gasteiger partial charge >= 0.3 is 0 Å². The lowest BCUT2D eigenvalue weighted by molar-refractivity contribution is 0.288. The van der Waals surface area contributed by atoms with Crippen molar-refractivity contribution in [3.63, 3.8) is 0 Å². The maximum Gasteiger partial charge on any atom is 0.191 e. The molecule has 1 heterocycles. The lowest BCUT2D eigenvalue weighted by Crippen LogP contribution is -2.07. The summed E-state index contributed by atoms with van der Waals surface area (Å²) in [7, 11) is 0. The van der Waals surface area contributed by atoms with Crippen molar-refractivity contribution in [1.29, 1.82) is 0 Å². The Hall–Kier alpha value is -1.01. The molecule has 2 rings (SSSR count). The number of nitrogens with zero attached hydrogens (tertiary/aromatic N) is 3. The predicted molar refractivity (Wildman–Crippen MR) is 89.8 cm³/mol. The molecule has 0 unspecified atom stereocenters. The summed E-state index contributed by atoms with van der Waals surface area (Å²) in [6, 6.07) is 7.80. The van der Waals surface area contributed by atoms with Gasteiger partial charge in [0.1, 0.15) is 12.4 Å². The average Bonchev–Trinajstić information content (AvgIpc) is 2.89. The van der Waals surface area contributed by atoms with E-state index in [1.54, 1.807) is 11.8 Å². The molecule has 0 spiro atoms. The van der Waals surface area contributed by atoms with E-state index in [4.69, 9.17) is 4.74 Å². The number of thioether (sulfide) groups is 1. The lowest BCUT2D eigenvalue weighted by Gasteiger charge is -2.08. The number of aromatic nitrogens is 3. The van der Waals surface area contributed by atoms with E-state index in [0.717, 1.165) is 33.5 Å². The smallest absolute Gasteiger partial charge is 0.191 e. The summed E-state index contributed by atoms with van der Waals surface area (Å²) < 4.78 is 8.94. The van der Waals surface area contributed by atoms with E-state index in [0.29, 0.717) is 6.61 Å². The Morgan fingerprint density at radius 2 is 1.95 bits per heavy atom. The van der Waals surface area contributed by atoms with Gasteiger partial charge in [0.25, 0.3) is 0 Å². The number of hydrogen-bond acceptors (Lipinski definition) is 4. The predicted octanol–water partition coefficient (Wildman–Crippen LogP) is 4.53. The molecular formula is C15H20BrN3OS. The van der Waals surface area contributed by atoms with Crippen LogP contribution in [0.5, 0.6) is 5.75 Å². The number of hydrogen-bond donors (Lipinski definition) is 0. The monoisotopic (exact) mass is 369 g/mol. The van der Waals surface area contributed by atoms with E-state index in [-0.39, 0.29) is 0 Å². The fraction of sp³-hybridized carbons (Fsp3) is 0.467. The van der Waals surface area contributed by atoms with Gasteiger partial charge in [-0.2, -0.15) is 0 Å². The maximum absolute atomic E-state index is 5.78. The minimum absolute atomic E-state index is 0.441. The first-order valence-electron chi connectivity index (χ1n) is 7.17. The highest BCUT2D eigenvalue weighted by atomic mass is 79.9. The molecule has 4 nitrogen and oxygen atoms in total. The van der Waals surface area contributed by atoms with Crippen molar-refractivity contribution in [2.24, 2.45) is 0 Å². The number of rotatable bonds is 8. The van der Waals surface area contributed by atoms with Crippen molar-refractivity contribution >= 4 is 27.7 Å². The zero-order chi connectivity index (χ0) is 15.1. The van der Waals surface area contributed by atoms with Gasteiger partial charge in [-0.1, -0.05) is 41.0 Å². The third-order valence-corrected chi connectivity index (χ3v) is 4.60. The molecule has 114 valence electrons. The molecule has 1 aromatic carbocycles. The highest BCUT2D eigenvalue weighted by Crippen LogP contribution is 2.20. The third kappa shape index (κ3) is 4.74. The molecule has 0 bridgehead atoms. The van der Waals surface area contributed by atoms with Crippen LogP contribution in [0.4, 0.5) is 0 Å². The highest BCUT2D eigenvalue weighted by Gasteiger charge is 2.11. The van der Waals surface area contributed by atoms with Crippen LogP contribution in [0.25, 0.3) is 0 Å².